The lowest BCUT2D eigenvalue weighted by Crippen LogP contribution is -2.35. The van der Waals surface area contributed by atoms with E-state index in [2.05, 4.69) is 6.07 Å². The summed E-state index contributed by atoms with van der Waals surface area (Å²) in [6.07, 6.45) is 0. The lowest BCUT2D eigenvalue weighted by atomic mass is 9.99. The Morgan fingerprint density at radius 1 is 1.06 bits per heavy atom. The number of hydrogen-bond acceptors (Lipinski definition) is 6. The minimum absolute atomic E-state index is 0.0246. The molecule has 182 valence electrons. The molecule has 1 saturated heterocycles. The van der Waals surface area contributed by atoms with E-state index < -0.39 is 17.7 Å². The highest BCUT2D eigenvalue weighted by Gasteiger charge is 2.47. The van der Waals surface area contributed by atoms with Crippen LogP contribution < -0.4 is 4.74 Å². The summed E-state index contributed by atoms with van der Waals surface area (Å²) in [5.74, 6) is 0.131. The van der Waals surface area contributed by atoms with Crippen LogP contribution in [0, 0.1) is 13.8 Å². The number of rotatable bonds is 8. The second kappa shape index (κ2) is 10.2. The summed E-state index contributed by atoms with van der Waals surface area (Å²) in [4.78, 5) is 29.3. The largest absolute Gasteiger partial charge is 0.507 e. The quantitative estimate of drug-likeness (QED) is 0.295. The molecule has 1 fully saturated rings. The number of Topliss-reactive ketones (excluding diaryl/α,β-unsaturated/α-hetero) is 1. The van der Waals surface area contributed by atoms with E-state index in [0.29, 0.717) is 42.5 Å². The number of likely N-dealkylation sites (N-methyl/N-ethyl adjacent to an activating group) is 1. The van der Waals surface area contributed by atoms with Crippen molar-refractivity contribution < 1.29 is 23.8 Å². The van der Waals surface area contributed by atoms with Gasteiger partial charge in [-0.05, 0) is 69.9 Å². The number of aliphatic hydroxyl groups excluding tert-OH is 1. The monoisotopic (exact) mass is 474 g/mol. The topological polar surface area (TPSA) is 83.2 Å². The molecule has 4 rings (SSSR count). The molecule has 0 aliphatic carbocycles. The van der Waals surface area contributed by atoms with Crippen LogP contribution in [-0.2, 0) is 16.2 Å². The Morgan fingerprint density at radius 3 is 2.43 bits per heavy atom. The van der Waals surface area contributed by atoms with Crippen molar-refractivity contribution in [2.45, 2.75) is 26.5 Å². The smallest absolute Gasteiger partial charge is 0.295 e. The first-order valence-corrected chi connectivity index (χ1v) is 11.5. The zero-order chi connectivity index (χ0) is 25.1. The van der Waals surface area contributed by atoms with Crippen LogP contribution >= 0.6 is 0 Å². The average molecular weight is 475 g/mol. The molecule has 1 N–H and O–H groups in total. The van der Waals surface area contributed by atoms with E-state index >= 15 is 0 Å². The molecule has 2 heterocycles. The summed E-state index contributed by atoms with van der Waals surface area (Å²) < 4.78 is 11.7. The fourth-order valence-electron chi connectivity index (χ4n) is 4.15. The van der Waals surface area contributed by atoms with Crippen molar-refractivity contribution in [3.63, 3.8) is 0 Å². The summed E-state index contributed by atoms with van der Waals surface area (Å²) in [7, 11) is 3.79. The molecule has 0 radical (unpaired) electrons. The molecule has 2 aromatic carbocycles. The Morgan fingerprint density at radius 2 is 1.80 bits per heavy atom. The van der Waals surface area contributed by atoms with Gasteiger partial charge in [0.05, 0.1) is 5.57 Å². The van der Waals surface area contributed by atoms with Gasteiger partial charge in [0.1, 0.15) is 35.7 Å². The number of ether oxygens (including phenoxy) is 1. The van der Waals surface area contributed by atoms with E-state index in [-0.39, 0.29) is 11.3 Å². The van der Waals surface area contributed by atoms with Crippen LogP contribution in [0.1, 0.15) is 34.3 Å². The van der Waals surface area contributed by atoms with Gasteiger partial charge >= 0.3 is 0 Å². The molecule has 0 saturated carbocycles. The average Bonchev–Trinajstić information content (AvgIpc) is 3.37. The first-order chi connectivity index (χ1) is 16.7. The Hall–Kier alpha value is -3.84. The van der Waals surface area contributed by atoms with E-state index in [4.69, 9.17) is 9.15 Å². The molecule has 1 unspecified atom stereocenters. The summed E-state index contributed by atoms with van der Waals surface area (Å²) in [5, 5.41) is 11.2. The van der Waals surface area contributed by atoms with Crippen LogP contribution in [-0.4, -0.2) is 53.8 Å². The molecule has 1 amide bonds. The second-order valence-corrected chi connectivity index (χ2v) is 9.05. The number of benzene rings is 2. The van der Waals surface area contributed by atoms with Crippen molar-refractivity contribution in [1.29, 1.82) is 0 Å². The van der Waals surface area contributed by atoms with Gasteiger partial charge in [-0.2, -0.15) is 0 Å². The highest BCUT2D eigenvalue weighted by molar-refractivity contribution is 6.46. The standard InChI is InChI=1S/C28H30N2O5/c1-18-6-5-7-20(16-18)17-34-22-11-9-21(10-12-22)26(31)24-25(23-13-8-19(2)35-23)30(15-14-29(3)4)28(33)27(24)32/h5-13,16,25,31H,14-15,17H2,1-4H3/b26-24-. The molecule has 0 bridgehead atoms. The van der Waals surface area contributed by atoms with Crippen LogP contribution in [0.3, 0.4) is 0 Å². The summed E-state index contributed by atoms with van der Waals surface area (Å²) in [5.41, 5.74) is 2.67. The number of ketones is 1. The molecule has 1 aliphatic rings. The Labute approximate surface area is 205 Å². The molecule has 3 aromatic rings. The van der Waals surface area contributed by atoms with Crippen molar-refractivity contribution in [3.8, 4) is 5.75 Å². The third kappa shape index (κ3) is 5.30. The fraction of sp³-hybridized carbons (Fsp3) is 0.286. The summed E-state index contributed by atoms with van der Waals surface area (Å²) >= 11 is 0. The maximum Gasteiger partial charge on any atom is 0.295 e. The first kappa shape index (κ1) is 24.3. The molecule has 1 aromatic heterocycles. The van der Waals surface area contributed by atoms with Crippen LogP contribution in [0.5, 0.6) is 5.75 Å². The summed E-state index contributed by atoms with van der Waals surface area (Å²) in [6, 6.07) is 17.6. The van der Waals surface area contributed by atoms with Crippen LogP contribution in [0.25, 0.3) is 5.76 Å². The molecular weight excluding hydrogens is 444 g/mol. The van der Waals surface area contributed by atoms with Gasteiger partial charge < -0.3 is 24.1 Å². The number of carbonyl (C=O) groups excluding carboxylic acids is 2. The van der Waals surface area contributed by atoms with E-state index in [1.807, 2.05) is 44.1 Å². The SMILES string of the molecule is Cc1cccc(COc2ccc(/C(O)=C3/C(=O)C(=O)N(CCN(C)C)C3c3ccc(C)o3)cc2)c1. The highest BCUT2D eigenvalue weighted by Crippen LogP contribution is 2.40. The number of amides is 1. The van der Waals surface area contributed by atoms with Crippen molar-refractivity contribution in [1.82, 2.24) is 9.80 Å². The van der Waals surface area contributed by atoms with Gasteiger partial charge in [-0.15, -0.1) is 0 Å². The first-order valence-electron chi connectivity index (χ1n) is 11.5. The van der Waals surface area contributed by atoms with Gasteiger partial charge in [-0.1, -0.05) is 29.8 Å². The van der Waals surface area contributed by atoms with Gasteiger partial charge in [0, 0.05) is 18.7 Å². The van der Waals surface area contributed by atoms with Crippen LogP contribution in [0.4, 0.5) is 0 Å². The molecule has 7 nitrogen and oxygen atoms in total. The van der Waals surface area contributed by atoms with Gasteiger partial charge in [-0.25, -0.2) is 0 Å². The zero-order valence-corrected chi connectivity index (χ0v) is 20.4. The zero-order valence-electron chi connectivity index (χ0n) is 20.4. The van der Waals surface area contributed by atoms with Gasteiger partial charge in [0.25, 0.3) is 11.7 Å². The van der Waals surface area contributed by atoms with Crippen molar-refractivity contribution in [2.24, 2.45) is 0 Å². The molecule has 1 atom stereocenters. The molecule has 0 spiro atoms. The predicted molar refractivity (Wildman–Crippen MR) is 133 cm³/mol. The number of likely N-dealkylation sites (tertiary alicyclic amines) is 1. The van der Waals surface area contributed by atoms with Crippen molar-refractivity contribution >= 4 is 17.4 Å². The van der Waals surface area contributed by atoms with Crippen molar-refractivity contribution in [3.05, 3.63) is 94.4 Å². The second-order valence-electron chi connectivity index (χ2n) is 9.05. The normalized spacial score (nSPS) is 17.4. The minimum atomic E-state index is -0.791. The van der Waals surface area contributed by atoms with Gasteiger partial charge in [-0.3, -0.25) is 9.59 Å². The number of aliphatic hydroxyl groups is 1. The van der Waals surface area contributed by atoms with Crippen LogP contribution in [0.15, 0.2) is 70.7 Å². The fourth-order valence-corrected chi connectivity index (χ4v) is 4.15. The van der Waals surface area contributed by atoms with E-state index in [9.17, 15) is 14.7 Å². The van der Waals surface area contributed by atoms with E-state index in [1.54, 1.807) is 43.3 Å². The Kier molecular flexibility index (Phi) is 7.07. The third-order valence-corrected chi connectivity index (χ3v) is 5.97. The summed E-state index contributed by atoms with van der Waals surface area (Å²) in [6.45, 7) is 5.14. The van der Waals surface area contributed by atoms with Crippen LogP contribution in [0.2, 0.25) is 0 Å². The lowest BCUT2D eigenvalue weighted by Gasteiger charge is -2.24. The predicted octanol–water partition coefficient (Wildman–Crippen LogP) is 4.46. The van der Waals surface area contributed by atoms with E-state index in [1.165, 1.54) is 4.90 Å². The maximum atomic E-state index is 13.0. The third-order valence-electron chi connectivity index (χ3n) is 5.97. The Bertz CT molecular complexity index is 1260. The number of aryl methyl sites for hydroxylation is 2. The van der Waals surface area contributed by atoms with E-state index in [0.717, 1.165) is 11.1 Å². The number of hydrogen-bond donors (Lipinski definition) is 1. The molecule has 1 aliphatic heterocycles. The lowest BCUT2D eigenvalue weighted by molar-refractivity contribution is -0.140. The Balaban J connectivity index is 1.62. The number of furan rings is 1. The van der Waals surface area contributed by atoms with Crippen molar-refractivity contribution in [2.75, 3.05) is 27.2 Å². The minimum Gasteiger partial charge on any atom is -0.507 e. The van der Waals surface area contributed by atoms with Gasteiger partial charge in [0.15, 0.2) is 0 Å². The number of nitrogens with zero attached hydrogens (tertiary/aromatic N) is 2. The maximum absolute atomic E-state index is 13.0. The molecule has 35 heavy (non-hydrogen) atoms. The molecular formula is C28H30N2O5. The molecule has 7 heteroatoms. The highest BCUT2D eigenvalue weighted by atomic mass is 16.5. The van der Waals surface area contributed by atoms with Gasteiger partial charge in [0.2, 0.25) is 0 Å². The number of carbonyl (C=O) groups is 2.